The Hall–Kier alpha value is -0.560. The SMILES string of the molecule is FCC1(c2ccc(Cl)cc2)CC1. The smallest absolute Gasteiger partial charge is 0.0990 e. The maximum atomic E-state index is 12.6. The van der Waals surface area contributed by atoms with E-state index in [9.17, 15) is 4.39 Å². The van der Waals surface area contributed by atoms with Gasteiger partial charge in [-0.25, -0.2) is 0 Å². The van der Waals surface area contributed by atoms with E-state index < -0.39 is 0 Å². The second-order valence-electron chi connectivity index (χ2n) is 3.42. The monoisotopic (exact) mass is 184 g/mol. The van der Waals surface area contributed by atoms with Gasteiger partial charge in [0.05, 0.1) is 6.67 Å². The van der Waals surface area contributed by atoms with Crippen molar-refractivity contribution in [3.63, 3.8) is 0 Å². The van der Waals surface area contributed by atoms with E-state index >= 15 is 0 Å². The molecule has 0 saturated heterocycles. The van der Waals surface area contributed by atoms with Crippen molar-refractivity contribution in [3.8, 4) is 0 Å². The average molecular weight is 185 g/mol. The quantitative estimate of drug-likeness (QED) is 0.662. The van der Waals surface area contributed by atoms with E-state index in [0.717, 1.165) is 18.4 Å². The molecule has 2 rings (SSSR count). The van der Waals surface area contributed by atoms with Crippen molar-refractivity contribution in [1.29, 1.82) is 0 Å². The summed E-state index contributed by atoms with van der Waals surface area (Å²) in [5, 5.41) is 0.716. The lowest BCUT2D eigenvalue weighted by Gasteiger charge is -2.09. The Morgan fingerprint density at radius 2 is 1.83 bits per heavy atom. The largest absolute Gasteiger partial charge is 0.250 e. The normalized spacial score (nSPS) is 19.2. The minimum Gasteiger partial charge on any atom is -0.250 e. The Morgan fingerprint density at radius 1 is 1.25 bits per heavy atom. The molecule has 0 N–H and O–H groups in total. The second-order valence-corrected chi connectivity index (χ2v) is 3.86. The zero-order valence-electron chi connectivity index (χ0n) is 6.69. The van der Waals surface area contributed by atoms with Gasteiger partial charge in [0, 0.05) is 10.4 Å². The molecule has 0 aromatic heterocycles. The molecule has 1 aromatic carbocycles. The highest BCUT2D eigenvalue weighted by atomic mass is 35.5. The highest BCUT2D eigenvalue weighted by molar-refractivity contribution is 6.30. The number of halogens is 2. The predicted molar refractivity (Wildman–Crippen MR) is 48.3 cm³/mol. The molecular weight excluding hydrogens is 175 g/mol. The summed E-state index contributed by atoms with van der Waals surface area (Å²) in [5.41, 5.74) is 0.944. The summed E-state index contributed by atoms with van der Waals surface area (Å²) in [6.45, 7) is -0.241. The highest BCUT2D eigenvalue weighted by Gasteiger charge is 2.44. The summed E-state index contributed by atoms with van der Waals surface area (Å²) in [7, 11) is 0. The molecule has 1 aliphatic rings. The van der Waals surface area contributed by atoms with Crippen LogP contribution in [0.4, 0.5) is 4.39 Å². The van der Waals surface area contributed by atoms with Crippen LogP contribution in [-0.2, 0) is 5.41 Å². The maximum absolute atomic E-state index is 12.6. The molecule has 1 saturated carbocycles. The number of hydrogen-bond donors (Lipinski definition) is 0. The molecule has 0 unspecified atom stereocenters. The fourth-order valence-electron chi connectivity index (χ4n) is 1.45. The van der Waals surface area contributed by atoms with Crippen LogP contribution in [0.5, 0.6) is 0 Å². The summed E-state index contributed by atoms with van der Waals surface area (Å²) in [5.74, 6) is 0. The lowest BCUT2D eigenvalue weighted by Crippen LogP contribution is -2.07. The van der Waals surface area contributed by atoms with Crippen LogP contribution in [0.1, 0.15) is 18.4 Å². The van der Waals surface area contributed by atoms with Gasteiger partial charge in [-0.05, 0) is 30.5 Å². The lowest BCUT2D eigenvalue weighted by molar-refractivity contribution is 0.418. The number of benzene rings is 1. The van der Waals surface area contributed by atoms with E-state index in [-0.39, 0.29) is 12.1 Å². The number of hydrogen-bond acceptors (Lipinski definition) is 0. The highest BCUT2D eigenvalue weighted by Crippen LogP contribution is 2.48. The molecule has 0 nitrogen and oxygen atoms in total. The van der Waals surface area contributed by atoms with Crippen molar-refractivity contribution >= 4 is 11.6 Å². The zero-order valence-corrected chi connectivity index (χ0v) is 7.44. The van der Waals surface area contributed by atoms with Crippen molar-refractivity contribution in [2.75, 3.05) is 6.67 Å². The van der Waals surface area contributed by atoms with Crippen molar-refractivity contribution in [3.05, 3.63) is 34.9 Å². The van der Waals surface area contributed by atoms with E-state index in [1.807, 2.05) is 24.3 Å². The summed E-state index contributed by atoms with van der Waals surface area (Å²) in [6.07, 6.45) is 1.95. The molecular formula is C10H10ClF. The molecule has 0 spiro atoms. The van der Waals surface area contributed by atoms with Crippen molar-refractivity contribution in [2.45, 2.75) is 18.3 Å². The predicted octanol–water partition coefficient (Wildman–Crippen LogP) is 3.34. The minimum atomic E-state index is -0.241. The lowest BCUT2D eigenvalue weighted by atomic mass is 9.98. The number of rotatable bonds is 2. The van der Waals surface area contributed by atoms with Crippen LogP contribution in [-0.4, -0.2) is 6.67 Å². The summed E-state index contributed by atoms with van der Waals surface area (Å²) in [6, 6.07) is 7.50. The molecule has 0 bridgehead atoms. The van der Waals surface area contributed by atoms with Gasteiger partial charge in [0.25, 0.3) is 0 Å². The molecule has 1 aromatic rings. The molecule has 1 fully saturated rings. The first-order valence-corrected chi connectivity index (χ1v) is 4.47. The first kappa shape index (κ1) is 8.06. The van der Waals surface area contributed by atoms with Crippen LogP contribution in [0.3, 0.4) is 0 Å². The molecule has 0 heterocycles. The third kappa shape index (κ3) is 1.22. The molecule has 0 amide bonds. The van der Waals surface area contributed by atoms with Gasteiger partial charge in [-0.1, -0.05) is 23.7 Å². The minimum absolute atomic E-state index is 0.148. The zero-order chi connectivity index (χ0) is 8.60. The van der Waals surface area contributed by atoms with Gasteiger partial charge in [0.15, 0.2) is 0 Å². The standard InChI is InChI=1S/C10H10ClF/c11-9-3-1-8(2-4-9)10(7-12)5-6-10/h1-4H,5-7H2. The Balaban J connectivity index is 2.29. The molecule has 0 aliphatic heterocycles. The first-order chi connectivity index (χ1) is 5.77. The summed E-state index contributed by atoms with van der Waals surface area (Å²) < 4.78 is 12.6. The van der Waals surface area contributed by atoms with Gasteiger partial charge in [-0.15, -0.1) is 0 Å². The topological polar surface area (TPSA) is 0 Å². The van der Waals surface area contributed by atoms with Crippen LogP contribution < -0.4 is 0 Å². The fraction of sp³-hybridized carbons (Fsp3) is 0.400. The van der Waals surface area contributed by atoms with E-state index in [1.54, 1.807) is 0 Å². The van der Waals surface area contributed by atoms with Gasteiger partial charge in [0.1, 0.15) is 0 Å². The third-order valence-electron chi connectivity index (χ3n) is 2.57. The Kier molecular flexibility index (Phi) is 1.84. The van der Waals surface area contributed by atoms with Gasteiger partial charge < -0.3 is 0 Å². The summed E-state index contributed by atoms with van der Waals surface area (Å²) >= 11 is 5.73. The van der Waals surface area contributed by atoms with Gasteiger partial charge in [-0.2, -0.15) is 0 Å². The molecule has 64 valence electrons. The third-order valence-corrected chi connectivity index (χ3v) is 2.82. The Morgan fingerprint density at radius 3 is 2.25 bits per heavy atom. The van der Waals surface area contributed by atoms with E-state index in [0.29, 0.717) is 5.02 Å². The Labute approximate surface area is 76.4 Å². The van der Waals surface area contributed by atoms with Crippen LogP contribution >= 0.6 is 11.6 Å². The average Bonchev–Trinajstić information content (AvgIpc) is 2.86. The molecule has 0 atom stereocenters. The molecule has 0 radical (unpaired) electrons. The number of alkyl halides is 1. The van der Waals surface area contributed by atoms with E-state index in [1.165, 1.54) is 0 Å². The van der Waals surface area contributed by atoms with Crippen molar-refractivity contribution in [1.82, 2.24) is 0 Å². The van der Waals surface area contributed by atoms with E-state index in [2.05, 4.69) is 0 Å². The van der Waals surface area contributed by atoms with Crippen LogP contribution in [0.2, 0.25) is 5.02 Å². The van der Waals surface area contributed by atoms with Gasteiger partial charge >= 0.3 is 0 Å². The van der Waals surface area contributed by atoms with Gasteiger partial charge in [-0.3, -0.25) is 4.39 Å². The molecule has 12 heavy (non-hydrogen) atoms. The fourth-order valence-corrected chi connectivity index (χ4v) is 1.58. The maximum Gasteiger partial charge on any atom is 0.0990 e. The second kappa shape index (κ2) is 2.74. The van der Waals surface area contributed by atoms with Crippen molar-refractivity contribution in [2.24, 2.45) is 0 Å². The first-order valence-electron chi connectivity index (χ1n) is 4.09. The van der Waals surface area contributed by atoms with Crippen LogP contribution in [0.15, 0.2) is 24.3 Å². The molecule has 1 aliphatic carbocycles. The summed E-state index contributed by atoms with van der Waals surface area (Å²) in [4.78, 5) is 0. The molecule has 2 heteroatoms. The van der Waals surface area contributed by atoms with E-state index in [4.69, 9.17) is 11.6 Å². The van der Waals surface area contributed by atoms with Crippen LogP contribution in [0, 0.1) is 0 Å². The van der Waals surface area contributed by atoms with Crippen LogP contribution in [0.25, 0.3) is 0 Å². The Bertz CT molecular complexity index is 274. The van der Waals surface area contributed by atoms with Gasteiger partial charge in [0.2, 0.25) is 0 Å². The van der Waals surface area contributed by atoms with Crippen molar-refractivity contribution < 1.29 is 4.39 Å².